The van der Waals surface area contributed by atoms with E-state index in [1.54, 1.807) is 0 Å². The molecule has 0 heterocycles. The maximum absolute atomic E-state index is 10.8. The van der Waals surface area contributed by atoms with E-state index in [1.165, 1.54) is 12.1 Å². The van der Waals surface area contributed by atoms with Crippen molar-refractivity contribution in [2.75, 3.05) is 0 Å². The van der Waals surface area contributed by atoms with Crippen LogP contribution in [0, 0.1) is 20.2 Å². The average molecular weight is 337 g/mol. The van der Waals surface area contributed by atoms with E-state index in [2.05, 4.69) is 15.9 Å². The summed E-state index contributed by atoms with van der Waals surface area (Å²) in [6, 6.07) is 11.1. The minimum atomic E-state index is -0.627. The number of nitro benzene ring substituents is 2. The molecule has 0 unspecified atom stereocenters. The second-order valence-electron chi connectivity index (χ2n) is 4.18. The normalized spacial score (nSPS) is 10.2. The van der Waals surface area contributed by atoms with Gasteiger partial charge in [0.25, 0.3) is 11.4 Å². The first kappa shape index (κ1) is 14.1. The molecule has 0 aromatic heterocycles. The molecule has 0 fully saturated rings. The van der Waals surface area contributed by atoms with E-state index in [-0.39, 0.29) is 11.4 Å². The third kappa shape index (κ3) is 3.39. The predicted molar refractivity (Wildman–Crippen MR) is 76.7 cm³/mol. The highest BCUT2D eigenvalue weighted by molar-refractivity contribution is 9.10. The van der Waals surface area contributed by atoms with Crippen LogP contribution in [0.5, 0.6) is 0 Å². The number of halogens is 1. The zero-order valence-electron chi connectivity index (χ0n) is 10.2. The van der Waals surface area contributed by atoms with E-state index < -0.39 is 9.85 Å². The molecule has 0 atom stereocenters. The summed E-state index contributed by atoms with van der Waals surface area (Å²) >= 11 is 3.31. The highest BCUT2D eigenvalue weighted by atomic mass is 79.9. The fourth-order valence-electron chi connectivity index (χ4n) is 1.81. The van der Waals surface area contributed by atoms with Crippen LogP contribution < -0.4 is 0 Å². The summed E-state index contributed by atoms with van der Waals surface area (Å²) in [5, 5.41) is 21.6. The SMILES string of the molecule is O=[N+]([O-])c1cc(Cc2ccc(Br)cc2)cc([N+](=O)[O-])c1. The smallest absolute Gasteiger partial charge is 0.258 e. The third-order valence-electron chi connectivity index (χ3n) is 2.71. The second kappa shape index (κ2) is 5.79. The molecule has 0 bridgehead atoms. The van der Waals surface area contributed by atoms with Gasteiger partial charge in [0, 0.05) is 16.6 Å². The molecule has 0 aliphatic rings. The fourth-order valence-corrected chi connectivity index (χ4v) is 2.07. The molecule has 0 spiro atoms. The van der Waals surface area contributed by atoms with Crippen LogP contribution in [0.2, 0.25) is 0 Å². The van der Waals surface area contributed by atoms with E-state index in [4.69, 9.17) is 0 Å². The van der Waals surface area contributed by atoms with Gasteiger partial charge in [-0.2, -0.15) is 0 Å². The molecule has 0 aliphatic carbocycles. The highest BCUT2D eigenvalue weighted by Crippen LogP contribution is 2.24. The summed E-state index contributed by atoms with van der Waals surface area (Å²) in [7, 11) is 0. The van der Waals surface area contributed by atoms with Gasteiger partial charge in [0.05, 0.1) is 15.9 Å². The number of rotatable bonds is 4. The summed E-state index contributed by atoms with van der Waals surface area (Å²) in [5.41, 5.74) is 0.911. The Morgan fingerprint density at radius 1 is 0.850 bits per heavy atom. The molecule has 6 nitrogen and oxygen atoms in total. The Kier molecular flexibility index (Phi) is 4.09. The maximum atomic E-state index is 10.8. The monoisotopic (exact) mass is 336 g/mol. The maximum Gasteiger partial charge on any atom is 0.276 e. The van der Waals surface area contributed by atoms with Gasteiger partial charge in [0.15, 0.2) is 0 Å². The van der Waals surface area contributed by atoms with Crippen LogP contribution >= 0.6 is 15.9 Å². The van der Waals surface area contributed by atoms with E-state index in [1.807, 2.05) is 24.3 Å². The lowest BCUT2D eigenvalue weighted by molar-refractivity contribution is -0.394. The van der Waals surface area contributed by atoms with Crippen molar-refractivity contribution in [3.8, 4) is 0 Å². The van der Waals surface area contributed by atoms with Crippen molar-refractivity contribution in [2.24, 2.45) is 0 Å². The van der Waals surface area contributed by atoms with Crippen LogP contribution in [0.4, 0.5) is 11.4 Å². The zero-order valence-corrected chi connectivity index (χ0v) is 11.7. The van der Waals surface area contributed by atoms with Crippen LogP contribution in [0.3, 0.4) is 0 Å². The number of nitro groups is 2. The molecule has 0 saturated carbocycles. The summed E-state index contributed by atoms with van der Waals surface area (Å²) in [5.74, 6) is 0. The summed E-state index contributed by atoms with van der Waals surface area (Å²) in [6.45, 7) is 0. The van der Waals surface area contributed by atoms with E-state index in [0.717, 1.165) is 16.1 Å². The molecule has 102 valence electrons. The number of hydrogen-bond donors (Lipinski definition) is 0. The van der Waals surface area contributed by atoms with Crippen molar-refractivity contribution < 1.29 is 9.85 Å². The Bertz CT molecular complexity index is 638. The van der Waals surface area contributed by atoms with Crippen LogP contribution in [0.25, 0.3) is 0 Å². The topological polar surface area (TPSA) is 86.3 Å². The number of nitrogens with zero attached hydrogens (tertiary/aromatic N) is 2. The Balaban J connectivity index is 2.37. The summed E-state index contributed by atoms with van der Waals surface area (Å²) < 4.78 is 0.922. The van der Waals surface area contributed by atoms with Crippen molar-refractivity contribution in [3.05, 3.63) is 78.3 Å². The van der Waals surface area contributed by atoms with Gasteiger partial charge in [-0.1, -0.05) is 28.1 Å². The Hall–Kier alpha value is -2.28. The van der Waals surface area contributed by atoms with Crippen molar-refractivity contribution >= 4 is 27.3 Å². The molecule has 0 N–H and O–H groups in total. The van der Waals surface area contributed by atoms with Crippen LogP contribution in [0.15, 0.2) is 46.9 Å². The molecule has 2 aromatic rings. The number of non-ortho nitro benzene ring substituents is 2. The highest BCUT2D eigenvalue weighted by Gasteiger charge is 2.16. The zero-order chi connectivity index (χ0) is 14.7. The minimum Gasteiger partial charge on any atom is -0.258 e. The standard InChI is InChI=1S/C13H9BrN2O4/c14-11-3-1-9(2-4-11)5-10-6-12(15(17)18)8-13(7-10)16(19)20/h1-4,6-8H,5H2. The van der Waals surface area contributed by atoms with Crippen molar-refractivity contribution in [1.29, 1.82) is 0 Å². The van der Waals surface area contributed by atoms with Gasteiger partial charge in [-0.25, -0.2) is 0 Å². The number of benzene rings is 2. The Labute approximate surface area is 122 Å². The van der Waals surface area contributed by atoms with E-state index in [9.17, 15) is 20.2 Å². The van der Waals surface area contributed by atoms with Crippen LogP contribution in [-0.2, 0) is 6.42 Å². The second-order valence-corrected chi connectivity index (χ2v) is 5.09. The Morgan fingerprint density at radius 3 is 1.80 bits per heavy atom. The molecule has 0 aliphatic heterocycles. The first-order valence-electron chi connectivity index (χ1n) is 5.63. The summed E-state index contributed by atoms with van der Waals surface area (Å²) in [4.78, 5) is 20.3. The van der Waals surface area contributed by atoms with Crippen LogP contribution in [-0.4, -0.2) is 9.85 Å². The molecular weight excluding hydrogens is 328 g/mol. The van der Waals surface area contributed by atoms with Gasteiger partial charge in [0.2, 0.25) is 0 Å². The van der Waals surface area contributed by atoms with Gasteiger partial charge in [-0.15, -0.1) is 0 Å². The molecule has 0 saturated heterocycles. The molecule has 7 heteroatoms. The Morgan fingerprint density at radius 2 is 1.35 bits per heavy atom. The molecule has 0 amide bonds. The molecular formula is C13H9BrN2O4. The fraction of sp³-hybridized carbons (Fsp3) is 0.0769. The quantitative estimate of drug-likeness (QED) is 0.626. The van der Waals surface area contributed by atoms with Crippen molar-refractivity contribution in [2.45, 2.75) is 6.42 Å². The molecule has 2 rings (SSSR count). The van der Waals surface area contributed by atoms with Crippen molar-refractivity contribution in [1.82, 2.24) is 0 Å². The van der Waals surface area contributed by atoms with E-state index >= 15 is 0 Å². The van der Waals surface area contributed by atoms with Crippen molar-refractivity contribution in [3.63, 3.8) is 0 Å². The van der Waals surface area contributed by atoms with Gasteiger partial charge in [-0.05, 0) is 29.7 Å². The first-order chi connectivity index (χ1) is 9.45. The lowest BCUT2D eigenvalue weighted by Crippen LogP contribution is -1.96. The van der Waals surface area contributed by atoms with Gasteiger partial charge in [-0.3, -0.25) is 20.2 Å². The van der Waals surface area contributed by atoms with Gasteiger partial charge < -0.3 is 0 Å². The van der Waals surface area contributed by atoms with Gasteiger partial charge in [0.1, 0.15) is 0 Å². The minimum absolute atomic E-state index is 0.272. The van der Waals surface area contributed by atoms with Gasteiger partial charge >= 0.3 is 0 Å². The largest absolute Gasteiger partial charge is 0.276 e. The number of hydrogen-bond acceptors (Lipinski definition) is 4. The molecule has 20 heavy (non-hydrogen) atoms. The lowest BCUT2D eigenvalue weighted by Gasteiger charge is -2.03. The average Bonchev–Trinajstić information content (AvgIpc) is 2.41. The third-order valence-corrected chi connectivity index (χ3v) is 3.23. The van der Waals surface area contributed by atoms with Crippen LogP contribution in [0.1, 0.15) is 11.1 Å². The first-order valence-corrected chi connectivity index (χ1v) is 6.42. The lowest BCUT2D eigenvalue weighted by atomic mass is 10.0. The predicted octanol–water partition coefficient (Wildman–Crippen LogP) is 3.86. The molecule has 0 radical (unpaired) electrons. The van der Waals surface area contributed by atoms with E-state index in [0.29, 0.717) is 12.0 Å². The molecule has 2 aromatic carbocycles. The summed E-state index contributed by atoms with van der Waals surface area (Å²) in [6.07, 6.45) is 0.399.